The lowest BCUT2D eigenvalue weighted by molar-refractivity contribution is 0.114. The fraction of sp³-hybridized carbons (Fsp3) is 0.538. The van der Waals surface area contributed by atoms with Crippen LogP contribution < -0.4 is 14.2 Å². The molecule has 0 bridgehead atoms. The van der Waals surface area contributed by atoms with Crippen molar-refractivity contribution in [1.29, 1.82) is 0 Å². The van der Waals surface area contributed by atoms with Gasteiger partial charge < -0.3 is 14.2 Å². The Hall–Kier alpha value is -1.31. The largest absolute Gasteiger partial charge is 0.493 e. The maximum atomic E-state index is 12.2. The molecule has 1 N–H and O–H groups in total. The monoisotopic (exact) mass is 301 g/mol. The molecule has 1 aromatic carbocycles. The predicted molar refractivity (Wildman–Crippen MR) is 73.7 cm³/mol. The van der Waals surface area contributed by atoms with Crippen molar-refractivity contribution in [1.82, 2.24) is 4.72 Å². The van der Waals surface area contributed by atoms with Crippen molar-refractivity contribution in [2.24, 2.45) is 0 Å². The number of nitrogens with one attached hydrogen (secondary N) is 1. The molecule has 7 heteroatoms. The minimum atomic E-state index is -3.57. The van der Waals surface area contributed by atoms with E-state index in [0.717, 1.165) is 12.8 Å². The van der Waals surface area contributed by atoms with Gasteiger partial charge in [-0.1, -0.05) is 0 Å². The normalized spacial score (nSPS) is 19.0. The van der Waals surface area contributed by atoms with Crippen molar-refractivity contribution in [3.8, 4) is 11.5 Å². The second-order valence-corrected chi connectivity index (χ2v) is 6.27. The molecule has 1 atom stereocenters. The Balaban J connectivity index is 2.11. The molecule has 0 aliphatic carbocycles. The average Bonchev–Trinajstić information content (AvgIpc) is 2.97. The molecule has 0 amide bonds. The molecule has 20 heavy (non-hydrogen) atoms. The van der Waals surface area contributed by atoms with Gasteiger partial charge in [0.1, 0.15) is 0 Å². The molecule has 1 aliphatic heterocycles. The minimum absolute atomic E-state index is 0.0371. The summed E-state index contributed by atoms with van der Waals surface area (Å²) in [6.45, 7) is 0.986. The van der Waals surface area contributed by atoms with Crippen LogP contribution in [-0.2, 0) is 14.8 Å². The van der Waals surface area contributed by atoms with Crippen molar-refractivity contribution in [3.05, 3.63) is 18.2 Å². The molecular formula is C13H19NO5S. The van der Waals surface area contributed by atoms with Gasteiger partial charge in [0.2, 0.25) is 10.0 Å². The van der Waals surface area contributed by atoms with Crippen LogP contribution in [0.1, 0.15) is 12.8 Å². The van der Waals surface area contributed by atoms with E-state index in [1.165, 1.54) is 26.4 Å². The van der Waals surface area contributed by atoms with Crippen molar-refractivity contribution < 1.29 is 22.6 Å². The highest BCUT2D eigenvalue weighted by Gasteiger charge is 2.21. The number of sulfonamides is 1. The second-order valence-electron chi connectivity index (χ2n) is 4.50. The number of ether oxygens (including phenoxy) is 3. The van der Waals surface area contributed by atoms with Gasteiger partial charge in [-0.05, 0) is 25.0 Å². The smallest absolute Gasteiger partial charge is 0.240 e. The standard InChI is InChI=1S/C13H19NO5S/c1-17-12-6-5-11(8-13(12)18-2)20(15,16)14-9-10-4-3-7-19-10/h5-6,8,10,14H,3-4,7,9H2,1-2H3/t10-/m1/s1. The molecule has 0 spiro atoms. The topological polar surface area (TPSA) is 73.9 Å². The number of hydrogen-bond donors (Lipinski definition) is 1. The lowest BCUT2D eigenvalue weighted by Gasteiger charge is -2.13. The SMILES string of the molecule is COc1ccc(S(=O)(=O)NC[C@H]2CCCO2)cc1OC. The Morgan fingerprint density at radius 3 is 2.65 bits per heavy atom. The summed E-state index contributed by atoms with van der Waals surface area (Å²) >= 11 is 0. The fourth-order valence-electron chi connectivity index (χ4n) is 2.08. The van der Waals surface area contributed by atoms with Crippen molar-refractivity contribution in [3.63, 3.8) is 0 Å². The van der Waals surface area contributed by atoms with Crippen LogP contribution >= 0.6 is 0 Å². The molecule has 0 unspecified atom stereocenters. The van der Waals surface area contributed by atoms with Gasteiger partial charge in [0, 0.05) is 19.2 Å². The highest BCUT2D eigenvalue weighted by molar-refractivity contribution is 7.89. The molecule has 0 radical (unpaired) electrons. The Labute approximate surface area is 119 Å². The van der Waals surface area contributed by atoms with E-state index in [1.807, 2.05) is 0 Å². The van der Waals surface area contributed by atoms with Gasteiger partial charge in [-0.15, -0.1) is 0 Å². The molecule has 6 nitrogen and oxygen atoms in total. The van der Waals surface area contributed by atoms with Crippen molar-refractivity contribution in [2.45, 2.75) is 23.8 Å². The Bertz CT molecular complexity index is 552. The summed E-state index contributed by atoms with van der Waals surface area (Å²) in [7, 11) is -0.603. The second kappa shape index (κ2) is 6.43. The van der Waals surface area contributed by atoms with E-state index in [-0.39, 0.29) is 17.5 Å². The number of rotatable bonds is 6. The van der Waals surface area contributed by atoms with E-state index in [0.29, 0.717) is 18.1 Å². The Morgan fingerprint density at radius 1 is 1.30 bits per heavy atom. The first-order valence-electron chi connectivity index (χ1n) is 6.40. The van der Waals surface area contributed by atoms with Gasteiger partial charge in [0.05, 0.1) is 25.2 Å². The van der Waals surface area contributed by atoms with Crippen LogP contribution in [0.25, 0.3) is 0 Å². The summed E-state index contributed by atoms with van der Waals surface area (Å²) in [5, 5.41) is 0. The van der Waals surface area contributed by atoms with E-state index in [9.17, 15) is 8.42 Å². The third kappa shape index (κ3) is 3.41. The average molecular weight is 301 g/mol. The Morgan fingerprint density at radius 2 is 2.05 bits per heavy atom. The fourth-order valence-corrected chi connectivity index (χ4v) is 3.16. The molecule has 1 saturated heterocycles. The first kappa shape index (κ1) is 15.1. The van der Waals surface area contributed by atoms with E-state index in [4.69, 9.17) is 14.2 Å². The minimum Gasteiger partial charge on any atom is -0.493 e. The van der Waals surface area contributed by atoms with Gasteiger partial charge >= 0.3 is 0 Å². The number of benzene rings is 1. The highest BCUT2D eigenvalue weighted by Crippen LogP contribution is 2.29. The Kier molecular flexibility index (Phi) is 4.85. The van der Waals surface area contributed by atoms with Gasteiger partial charge in [-0.25, -0.2) is 13.1 Å². The van der Waals surface area contributed by atoms with Crippen LogP contribution in [0.4, 0.5) is 0 Å². The van der Waals surface area contributed by atoms with Crippen LogP contribution in [0.3, 0.4) is 0 Å². The van der Waals surface area contributed by atoms with E-state index in [2.05, 4.69) is 4.72 Å². The van der Waals surface area contributed by atoms with Gasteiger partial charge in [0.15, 0.2) is 11.5 Å². The molecule has 2 rings (SSSR count). The maximum Gasteiger partial charge on any atom is 0.240 e. The molecule has 1 fully saturated rings. The highest BCUT2D eigenvalue weighted by atomic mass is 32.2. The van der Waals surface area contributed by atoms with E-state index < -0.39 is 10.0 Å². The van der Waals surface area contributed by atoms with Crippen LogP contribution in [-0.4, -0.2) is 41.9 Å². The van der Waals surface area contributed by atoms with Gasteiger partial charge in [-0.2, -0.15) is 0 Å². The van der Waals surface area contributed by atoms with Crippen molar-refractivity contribution in [2.75, 3.05) is 27.4 Å². The number of hydrogen-bond acceptors (Lipinski definition) is 5. The lowest BCUT2D eigenvalue weighted by atomic mass is 10.2. The predicted octanol–water partition coefficient (Wildman–Crippen LogP) is 1.16. The summed E-state index contributed by atoms with van der Waals surface area (Å²) in [5.41, 5.74) is 0. The summed E-state index contributed by atoms with van der Waals surface area (Å²) in [6.07, 6.45) is 1.82. The molecule has 0 saturated carbocycles. The molecule has 112 valence electrons. The third-order valence-electron chi connectivity index (χ3n) is 3.19. The van der Waals surface area contributed by atoms with Gasteiger partial charge in [-0.3, -0.25) is 0 Å². The zero-order chi connectivity index (χ0) is 14.6. The quantitative estimate of drug-likeness (QED) is 0.853. The third-order valence-corrected chi connectivity index (χ3v) is 4.61. The molecule has 1 heterocycles. The summed E-state index contributed by atoms with van der Waals surface area (Å²) in [5.74, 6) is 0.873. The van der Waals surface area contributed by atoms with Crippen LogP contribution in [0.2, 0.25) is 0 Å². The number of methoxy groups -OCH3 is 2. The first-order chi connectivity index (χ1) is 9.56. The van der Waals surface area contributed by atoms with E-state index in [1.54, 1.807) is 6.07 Å². The maximum absolute atomic E-state index is 12.2. The molecule has 0 aromatic heterocycles. The summed E-state index contributed by atoms with van der Waals surface area (Å²) < 4.78 is 42.5. The van der Waals surface area contributed by atoms with Crippen LogP contribution in [0.5, 0.6) is 11.5 Å². The summed E-state index contributed by atoms with van der Waals surface area (Å²) in [4.78, 5) is 0.146. The van der Waals surface area contributed by atoms with E-state index >= 15 is 0 Å². The zero-order valence-electron chi connectivity index (χ0n) is 11.6. The van der Waals surface area contributed by atoms with Crippen molar-refractivity contribution >= 4 is 10.0 Å². The first-order valence-corrected chi connectivity index (χ1v) is 7.88. The van der Waals surface area contributed by atoms with Crippen LogP contribution in [0.15, 0.2) is 23.1 Å². The summed E-state index contributed by atoms with van der Waals surface area (Å²) in [6, 6.07) is 4.50. The molecular weight excluding hydrogens is 282 g/mol. The lowest BCUT2D eigenvalue weighted by Crippen LogP contribution is -2.31. The van der Waals surface area contributed by atoms with Gasteiger partial charge in [0.25, 0.3) is 0 Å². The molecule has 1 aliphatic rings. The zero-order valence-corrected chi connectivity index (χ0v) is 12.4. The van der Waals surface area contributed by atoms with Crippen LogP contribution in [0, 0.1) is 0 Å². The molecule has 1 aromatic rings.